The molecule has 0 heterocycles. The second-order valence-electron chi connectivity index (χ2n) is 8.42. The zero-order chi connectivity index (χ0) is 22.6. The molecule has 0 spiro atoms. The third-order valence-corrected chi connectivity index (χ3v) is 6.33. The Morgan fingerprint density at radius 1 is 0.871 bits per heavy atom. The molecule has 2 atom stereocenters. The number of nitrogens with one attached hydrogen (secondary N) is 1. The first-order valence-corrected chi connectivity index (χ1v) is 10.7. The quantitative estimate of drug-likeness (QED) is 0.421. The van der Waals surface area contributed by atoms with Crippen molar-refractivity contribution in [2.24, 2.45) is 0 Å². The van der Waals surface area contributed by atoms with Gasteiger partial charge < -0.3 is 5.32 Å². The van der Waals surface area contributed by atoms with Gasteiger partial charge in [0.25, 0.3) is 0 Å². The van der Waals surface area contributed by atoms with Crippen molar-refractivity contribution in [3.63, 3.8) is 0 Å². The van der Waals surface area contributed by atoms with Gasteiger partial charge in [0.05, 0.1) is 11.1 Å². The van der Waals surface area contributed by atoms with E-state index in [-0.39, 0.29) is 11.5 Å². The Kier molecular flexibility index (Phi) is 6.90. The summed E-state index contributed by atoms with van der Waals surface area (Å²) >= 11 is 0. The van der Waals surface area contributed by atoms with E-state index >= 15 is 0 Å². The van der Waals surface area contributed by atoms with E-state index in [0.29, 0.717) is 6.42 Å². The summed E-state index contributed by atoms with van der Waals surface area (Å²) in [6.07, 6.45) is -2.94. The van der Waals surface area contributed by atoms with E-state index in [2.05, 4.69) is 56.4 Å². The van der Waals surface area contributed by atoms with Gasteiger partial charge in [-0.1, -0.05) is 73.7 Å². The number of rotatable bonds is 7. The van der Waals surface area contributed by atoms with Crippen LogP contribution in [0.5, 0.6) is 0 Å². The van der Waals surface area contributed by atoms with Gasteiger partial charge in [-0.25, -0.2) is 0 Å². The summed E-state index contributed by atoms with van der Waals surface area (Å²) in [4.78, 5) is 0. The van der Waals surface area contributed by atoms with Crippen LogP contribution < -0.4 is 5.32 Å². The van der Waals surface area contributed by atoms with Crippen LogP contribution in [0.1, 0.15) is 59.6 Å². The van der Waals surface area contributed by atoms with Crippen molar-refractivity contribution in [3.8, 4) is 0 Å². The number of halogens is 3. The highest BCUT2D eigenvalue weighted by Gasteiger charge is 2.32. The van der Waals surface area contributed by atoms with Crippen LogP contribution in [0.3, 0.4) is 0 Å². The molecule has 1 nitrogen and oxygen atoms in total. The van der Waals surface area contributed by atoms with Crippen LogP contribution >= 0.6 is 0 Å². The summed E-state index contributed by atoms with van der Waals surface area (Å²) < 4.78 is 39.1. The Hall–Kier alpha value is -2.59. The number of aryl methyl sites for hydroxylation is 2. The van der Waals surface area contributed by atoms with Gasteiger partial charge in [0, 0.05) is 0 Å². The molecular formula is C27H30F3N. The number of benzene rings is 3. The highest BCUT2D eigenvalue weighted by molar-refractivity contribution is 5.46. The van der Waals surface area contributed by atoms with Gasteiger partial charge in [-0.05, 0) is 73.5 Å². The Labute approximate surface area is 183 Å². The fourth-order valence-electron chi connectivity index (χ4n) is 4.37. The maximum atomic E-state index is 13.0. The molecule has 0 saturated carbocycles. The SMILES string of the molecule is CN[C@](C)(c1ccccc1C)c1ccccc1[C@H](C)CCc1cccc(C(F)(F)F)c1. The lowest BCUT2D eigenvalue weighted by molar-refractivity contribution is -0.137. The molecule has 1 N–H and O–H groups in total. The third-order valence-electron chi connectivity index (χ3n) is 6.33. The Bertz CT molecular complexity index is 1020. The van der Waals surface area contributed by atoms with Gasteiger partial charge in [-0.15, -0.1) is 0 Å². The van der Waals surface area contributed by atoms with Crippen LogP contribution in [0.2, 0.25) is 0 Å². The number of hydrogen-bond acceptors (Lipinski definition) is 1. The van der Waals surface area contributed by atoms with Crippen molar-refractivity contribution in [2.45, 2.75) is 51.2 Å². The van der Waals surface area contributed by atoms with Crippen molar-refractivity contribution < 1.29 is 13.2 Å². The van der Waals surface area contributed by atoms with Crippen LogP contribution in [0.25, 0.3) is 0 Å². The normalized spacial score (nSPS) is 14.8. The highest BCUT2D eigenvalue weighted by atomic mass is 19.4. The monoisotopic (exact) mass is 425 g/mol. The van der Waals surface area contributed by atoms with Crippen LogP contribution in [0, 0.1) is 6.92 Å². The molecule has 0 aliphatic rings. The average molecular weight is 426 g/mol. The molecule has 3 aromatic carbocycles. The van der Waals surface area contributed by atoms with Gasteiger partial charge in [0.15, 0.2) is 0 Å². The average Bonchev–Trinajstić information content (AvgIpc) is 2.77. The molecule has 0 unspecified atom stereocenters. The van der Waals surface area contributed by atoms with E-state index in [4.69, 9.17) is 0 Å². The summed E-state index contributed by atoms with van der Waals surface area (Å²) in [5.41, 5.74) is 4.61. The first-order valence-electron chi connectivity index (χ1n) is 10.7. The van der Waals surface area contributed by atoms with Gasteiger partial charge in [0.2, 0.25) is 0 Å². The van der Waals surface area contributed by atoms with Crippen LogP contribution in [0.4, 0.5) is 13.2 Å². The molecule has 3 aromatic rings. The number of alkyl halides is 3. The summed E-state index contributed by atoms with van der Waals surface area (Å²) in [5, 5.41) is 3.52. The van der Waals surface area contributed by atoms with Crippen LogP contribution in [-0.4, -0.2) is 7.05 Å². The molecule has 31 heavy (non-hydrogen) atoms. The van der Waals surface area contributed by atoms with E-state index in [9.17, 15) is 13.2 Å². The summed E-state index contributed by atoms with van der Waals surface area (Å²) in [6, 6.07) is 22.4. The molecular weight excluding hydrogens is 395 g/mol. The third kappa shape index (κ3) is 5.01. The molecule has 0 saturated heterocycles. The zero-order valence-electron chi connectivity index (χ0n) is 18.6. The Morgan fingerprint density at radius 2 is 1.52 bits per heavy atom. The molecule has 4 heteroatoms. The van der Waals surface area contributed by atoms with Crippen molar-refractivity contribution >= 4 is 0 Å². The minimum atomic E-state index is -4.31. The van der Waals surface area contributed by atoms with Crippen molar-refractivity contribution in [1.82, 2.24) is 5.32 Å². The van der Waals surface area contributed by atoms with Gasteiger partial charge in [0.1, 0.15) is 0 Å². The molecule has 0 aliphatic heterocycles. The molecule has 0 amide bonds. The smallest absolute Gasteiger partial charge is 0.307 e. The fraction of sp³-hybridized carbons (Fsp3) is 0.333. The van der Waals surface area contributed by atoms with E-state index in [1.807, 2.05) is 25.2 Å². The topological polar surface area (TPSA) is 12.0 Å². The van der Waals surface area contributed by atoms with E-state index in [1.165, 1.54) is 34.4 Å². The van der Waals surface area contributed by atoms with Crippen LogP contribution in [-0.2, 0) is 18.1 Å². The second kappa shape index (κ2) is 9.27. The molecule has 0 aromatic heterocycles. The van der Waals surface area contributed by atoms with Crippen molar-refractivity contribution in [2.75, 3.05) is 7.05 Å². The Morgan fingerprint density at radius 3 is 2.16 bits per heavy atom. The van der Waals surface area contributed by atoms with Crippen molar-refractivity contribution in [3.05, 3.63) is 106 Å². The first kappa shape index (κ1) is 23.1. The van der Waals surface area contributed by atoms with E-state index < -0.39 is 11.7 Å². The van der Waals surface area contributed by atoms with Crippen molar-refractivity contribution in [1.29, 1.82) is 0 Å². The zero-order valence-corrected chi connectivity index (χ0v) is 18.6. The van der Waals surface area contributed by atoms with Crippen LogP contribution in [0.15, 0.2) is 72.8 Å². The maximum absolute atomic E-state index is 13.0. The maximum Gasteiger partial charge on any atom is 0.416 e. The standard InChI is InChI=1S/C27H30F3N/c1-19(16-17-21-11-9-12-22(18-21)27(28,29)30)23-13-6-8-15-25(23)26(3,31-4)24-14-7-5-10-20(24)2/h5-15,18-19,31H,16-17H2,1-4H3/t19-,26-/m1/s1. The second-order valence-corrected chi connectivity index (χ2v) is 8.42. The molecule has 0 bridgehead atoms. The van der Waals surface area contributed by atoms with Gasteiger partial charge in [-0.2, -0.15) is 13.2 Å². The first-order chi connectivity index (χ1) is 14.7. The summed E-state index contributed by atoms with van der Waals surface area (Å²) in [7, 11) is 1.97. The van der Waals surface area contributed by atoms with E-state index in [1.54, 1.807) is 6.07 Å². The lowest BCUT2D eigenvalue weighted by atomic mass is 9.77. The minimum absolute atomic E-state index is 0.197. The molecule has 164 valence electrons. The Balaban J connectivity index is 1.89. The highest BCUT2D eigenvalue weighted by Crippen LogP contribution is 2.37. The van der Waals surface area contributed by atoms with E-state index in [0.717, 1.165) is 18.1 Å². The number of hydrogen-bond donors (Lipinski definition) is 1. The minimum Gasteiger partial charge on any atom is -0.307 e. The molecule has 0 fully saturated rings. The largest absolute Gasteiger partial charge is 0.416 e. The molecule has 0 radical (unpaired) electrons. The fourth-order valence-corrected chi connectivity index (χ4v) is 4.37. The molecule has 3 rings (SSSR count). The molecule has 0 aliphatic carbocycles. The summed E-state index contributed by atoms with van der Waals surface area (Å²) in [5.74, 6) is 0.197. The predicted octanol–water partition coefficient (Wildman–Crippen LogP) is 7.23. The predicted molar refractivity (Wildman–Crippen MR) is 121 cm³/mol. The summed E-state index contributed by atoms with van der Waals surface area (Å²) in [6.45, 7) is 6.46. The van der Waals surface area contributed by atoms with Gasteiger partial charge in [-0.3, -0.25) is 0 Å². The van der Waals surface area contributed by atoms with Gasteiger partial charge >= 0.3 is 6.18 Å². The lowest BCUT2D eigenvalue weighted by Crippen LogP contribution is -2.39. The lowest BCUT2D eigenvalue weighted by Gasteiger charge is -2.35.